The molecule has 5 heteroatoms. The molecule has 3 nitrogen and oxygen atoms in total. The van der Waals surface area contributed by atoms with Gasteiger partial charge in [-0.25, -0.2) is 0 Å². The van der Waals surface area contributed by atoms with Gasteiger partial charge in [0, 0.05) is 16.7 Å². The van der Waals surface area contributed by atoms with E-state index < -0.39 is 5.54 Å². The minimum Gasteiger partial charge on any atom is -0.366 e. The van der Waals surface area contributed by atoms with Gasteiger partial charge in [0.05, 0.1) is 11.1 Å². The fourth-order valence-electron chi connectivity index (χ4n) is 1.99. The van der Waals surface area contributed by atoms with Gasteiger partial charge < -0.3 is 10.6 Å². The van der Waals surface area contributed by atoms with E-state index in [1.807, 2.05) is 18.2 Å². The van der Waals surface area contributed by atoms with Gasteiger partial charge in [-0.2, -0.15) is 5.26 Å². The lowest BCUT2D eigenvalue weighted by molar-refractivity contribution is 0.411. The maximum absolute atomic E-state index is 9.34. The second-order valence-electron chi connectivity index (χ2n) is 4.23. The average molecular weight is 315 g/mol. The van der Waals surface area contributed by atoms with E-state index in [1.54, 1.807) is 0 Å². The van der Waals surface area contributed by atoms with E-state index in [2.05, 4.69) is 32.6 Å². The number of hydrogen-bond donors (Lipinski definition) is 2. The molecule has 0 bridgehead atoms. The third-order valence-electron chi connectivity index (χ3n) is 2.90. The molecule has 1 aliphatic heterocycles. The molecular weight excluding hydrogens is 302 g/mol. The molecule has 0 spiro atoms. The molecule has 0 radical (unpaired) electrons. The van der Waals surface area contributed by atoms with Gasteiger partial charge in [0.1, 0.15) is 5.54 Å². The topological polar surface area (TPSA) is 47.9 Å². The van der Waals surface area contributed by atoms with Gasteiger partial charge in [0.2, 0.25) is 0 Å². The standard InChI is InChI=1S/C12H13BrClN3/c13-10-6-9(2-3-11(10)14)17-12(7-15)4-1-5-16-8-12/h2-3,6,16-17H,1,4-5,8H2. The lowest BCUT2D eigenvalue weighted by Gasteiger charge is -2.33. The minimum absolute atomic E-state index is 0.508. The number of nitriles is 1. The summed E-state index contributed by atoms with van der Waals surface area (Å²) in [5, 5.41) is 16.6. The van der Waals surface area contributed by atoms with Crippen LogP contribution in [0.5, 0.6) is 0 Å². The highest BCUT2D eigenvalue weighted by Crippen LogP contribution is 2.28. The molecule has 1 aromatic rings. The van der Waals surface area contributed by atoms with Crippen LogP contribution < -0.4 is 10.6 Å². The Balaban J connectivity index is 2.18. The van der Waals surface area contributed by atoms with Gasteiger partial charge in [-0.15, -0.1) is 0 Å². The molecule has 1 aliphatic rings. The molecule has 1 aromatic carbocycles. The van der Waals surface area contributed by atoms with Gasteiger partial charge in [0.25, 0.3) is 0 Å². The number of halogens is 2. The van der Waals surface area contributed by atoms with Gasteiger partial charge >= 0.3 is 0 Å². The van der Waals surface area contributed by atoms with Crippen molar-refractivity contribution in [2.75, 3.05) is 18.4 Å². The Kier molecular flexibility index (Phi) is 3.93. The third-order valence-corrected chi connectivity index (χ3v) is 4.12. The first-order valence-corrected chi connectivity index (χ1v) is 6.67. The van der Waals surface area contributed by atoms with Crippen molar-refractivity contribution in [1.82, 2.24) is 5.32 Å². The quantitative estimate of drug-likeness (QED) is 0.881. The van der Waals surface area contributed by atoms with Gasteiger partial charge in [0.15, 0.2) is 0 Å². The molecule has 0 saturated carbocycles. The summed E-state index contributed by atoms with van der Waals surface area (Å²) in [4.78, 5) is 0. The number of nitrogens with one attached hydrogen (secondary N) is 2. The summed E-state index contributed by atoms with van der Waals surface area (Å²) in [5.74, 6) is 0. The zero-order chi connectivity index (χ0) is 12.3. The van der Waals surface area contributed by atoms with Crippen molar-refractivity contribution < 1.29 is 0 Å². The Morgan fingerprint density at radius 1 is 1.53 bits per heavy atom. The Morgan fingerprint density at radius 3 is 2.94 bits per heavy atom. The van der Waals surface area contributed by atoms with Crippen molar-refractivity contribution in [2.24, 2.45) is 0 Å². The lowest BCUT2D eigenvalue weighted by Crippen LogP contribution is -2.50. The largest absolute Gasteiger partial charge is 0.366 e. The van der Waals surface area contributed by atoms with Crippen LogP contribution >= 0.6 is 27.5 Å². The molecule has 2 N–H and O–H groups in total. The average Bonchev–Trinajstić information content (AvgIpc) is 2.35. The van der Waals surface area contributed by atoms with Crippen LogP contribution in [-0.2, 0) is 0 Å². The fourth-order valence-corrected chi connectivity index (χ4v) is 2.48. The van der Waals surface area contributed by atoms with Crippen molar-refractivity contribution in [3.8, 4) is 6.07 Å². The number of piperidine rings is 1. The molecule has 0 aromatic heterocycles. The van der Waals surface area contributed by atoms with Crippen LogP contribution in [0.4, 0.5) is 5.69 Å². The van der Waals surface area contributed by atoms with Crippen LogP contribution in [0.25, 0.3) is 0 Å². The first-order valence-electron chi connectivity index (χ1n) is 5.50. The van der Waals surface area contributed by atoms with Crippen molar-refractivity contribution >= 4 is 33.2 Å². The molecule has 0 amide bonds. The molecule has 0 aliphatic carbocycles. The number of benzene rings is 1. The van der Waals surface area contributed by atoms with E-state index in [9.17, 15) is 5.26 Å². The van der Waals surface area contributed by atoms with Crippen LogP contribution in [0.1, 0.15) is 12.8 Å². The van der Waals surface area contributed by atoms with Gasteiger partial charge in [-0.05, 0) is 53.5 Å². The van der Waals surface area contributed by atoms with Crippen LogP contribution in [0, 0.1) is 11.3 Å². The molecule has 1 heterocycles. The number of hydrogen-bond acceptors (Lipinski definition) is 3. The summed E-state index contributed by atoms with van der Waals surface area (Å²) in [6.07, 6.45) is 1.87. The molecule has 1 unspecified atom stereocenters. The summed E-state index contributed by atoms with van der Waals surface area (Å²) in [6.45, 7) is 1.65. The van der Waals surface area contributed by atoms with Crippen LogP contribution in [0.2, 0.25) is 5.02 Å². The molecule has 1 atom stereocenters. The van der Waals surface area contributed by atoms with E-state index in [0.29, 0.717) is 11.6 Å². The third kappa shape index (κ3) is 2.92. The first-order chi connectivity index (χ1) is 8.15. The minimum atomic E-state index is -0.508. The van der Waals surface area contributed by atoms with Gasteiger partial charge in [-0.3, -0.25) is 0 Å². The zero-order valence-electron chi connectivity index (χ0n) is 9.26. The lowest BCUT2D eigenvalue weighted by atomic mass is 9.91. The monoisotopic (exact) mass is 313 g/mol. The summed E-state index contributed by atoms with van der Waals surface area (Å²) in [7, 11) is 0. The van der Waals surface area contributed by atoms with Crippen LogP contribution in [-0.4, -0.2) is 18.6 Å². The van der Waals surface area contributed by atoms with Crippen molar-refractivity contribution in [2.45, 2.75) is 18.4 Å². The summed E-state index contributed by atoms with van der Waals surface area (Å²) < 4.78 is 0.834. The predicted molar refractivity (Wildman–Crippen MR) is 73.2 cm³/mol. The summed E-state index contributed by atoms with van der Waals surface area (Å²) in [6, 6.07) is 7.98. The molecular formula is C12H13BrClN3. The Bertz CT molecular complexity index is 450. The normalized spacial score (nSPS) is 24.1. The second-order valence-corrected chi connectivity index (χ2v) is 5.49. The first kappa shape index (κ1) is 12.7. The molecule has 1 fully saturated rings. The maximum atomic E-state index is 9.34. The van der Waals surface area contributed by atoms with Crippen LogP contribution in [0.3, 0.4) is 0 Å². The second kappa shape index (κ2) is 5.26. The Hall–Kier alpha value is -0.760. The smallest absolute Gasteiger partial charge is 0.138 e. The SMILES string of the molecule is N#CC1(Nc2ccc(Cl)c(Br)c2)CCCNC1. The highest BCUT2D eigenvalue weighted by Gasteiger charge is 2.31. The number of rotatable bonds is 2. The highest BCUT2D eigenvalue weighted by atomic mass is 79.9. The van der Waals surface area contributed by atoms with Crippen LogP contribution in [0.15, 0.2) is 22.7 Å². The molecule has 1 saturated heterocycles. The molecule has 17 heavy (non-hydrogen) atoms. The van der Waals surface area contributed by atoms with E-state index in [0.717, 1.165) is 29.5 Å². The van der Waals surface area contributed by atoms with E-state index in [1.165, 1.54) is 0 Å². The summed E-state index contributed by atoms with van der Waals surface area (Å²) in [5.41, 5.74) is 0.400. The Morgan fingerprint density at radius 2 is 2.35 bits per heavy atom. The fraction of sp³-hybridized carbons (Fsp3) is 0.417. The predicted octanol–water partition coefficient (Wildman–Crippen LogP) is 3.16. The highest BCUT2D eigenvalue weighted by molar-refractivity contribution is 9.10. The summed E-state index contributed by atoms with van der Waals surface area (Å²) >= 11 is 9.32. The molecule has 2 rings (SSSR count). The number of anilines is 1. The van der Waals surface area contributed by atoms with Crippen molar-refractivity contribution in [1.29, 1.82) is 5.26 Å². The number of nitrogens with zero attached hydrogens (tertiary/aromatic N) is 1. The maximum Gasteiger partial charge on any atom is 0.138 e. The van der Waals surface area contributed by atoms with Crippen molar-refractivity contribution in [3.63, 3.8) is 0 Å². The Labute approximate surface area is 114 Å². The van der Waals surface area contributed by atoms with E-state index in [-0.39, 0.29) is 0 Å². The molecule has 90 valence electrons. The van der Waals surface area contributed by atoms with Gasteiger partial charge in [-0.1, -0.05) is 11.6 Å². The zero-order valence-corrected chi connectivity index (χ0v) is 11.6. The van der Waals surface area contributed by atoms with E-state index in [4.69, 9.17) is 11.6 Å². The van der Waals surface area contributed by atoms with E-state index >= 15 is 0 Å². The van der Waals surface area contributed by atoms with Crippen molar-refractivity contribution in [3.05, 3.63) is 27.7 Å².